The van der Waals surface area contributed by atoms with Crippen molar-refractivity contribution in [3.8, 4) is 0 Å². The van der Waals surface area contributed by atoms with Crippen LogP contribution < -0.4 is 5.73 Å². The number of aromatic nitrogens is 1. The first-order valence-electron chi connectivity index (χ1n) is 7.12. The lowest BCUT2D eigenvalue weighted by molar-refractivity contribution is -0.131. The van der Waals surface area contributed by atoms with E-state index >= 15 is 0 Å². The summed E-state index contributed by atoms with van der Waals surface area (Å²) in [5, 5.41) is 3.90. The van der Waals surface area contributed by atoms with Crippen molar-refractivity contribution < 1.29 is 9.32 Å². The van der Waals surface area contributed by atoms with E-state index < -0.39 is 0 Å². The average molecular weight is 285 g/mol. The number of aryl methyl sites for hydroxylation is 2. The number of anilines is 1. The monoisotopic (exact) mass is 285 g/mol. The Bertz CT molecular complexity index is 671. The Hall–Kier alpha value is -2.30. The fourth-order valence-corrected chi connectivity index (χ4v) is 2.87. The zero-order valence-corrected chi connectivity index (χ0v) is 12.3. The van der Waals surface area contributed by atoms with Gasteiger partial charge in [0.25, 0.3) is 0 Å². The van der Waals surface area contributed by atoms with Crippen LogP contribution in [0.25, 0.3) is 0 Å². The van der Waals surface area contributed by atoms with Gasteiger partial charge in [-0.3, -0.25) is 4.79 Å². The number of nitrogens with two attached hydrogens (primary N) is 1. The molecule has 0 atom stereocenters. The fourth-order valence-electron chi connectivity index (χ4n) is 2.87. The molecule has 0 radical (unpaired) electrons. The highest BCUT2D eigenvalue weighted by molar-refractivity contribution is 5.79. The van der Waals surface area contributed by atoms with Crippen molar-refractivity contribution in [2.24, 2.45) is 0 Å². The minimum atomic E-state index is 0.109. The second kappa shape index (κ2) is 5.24. The van der Waals surface area contributed by atoms with Crippen molar-refractivity contribution in [2.45, 2.75) is 33.2 Å². The van der Waals surface area contributed by atoms with Gasteiger partial charge in [0.05, 0.1) is 12.1 Å². The van der Waals surface area contributed by atoms with E-state index in [-0.39, 0.29) is 5.91 Å². The lowest BCUT2D eigenvalue weighted by Crippen LogP contribution is -2.37. The van der Waals surface area contributed by atoms with Gasteiger partial charge in [0, 0.05) is 24.3 Å². The Morgan fingerprint density at radius 2 is 2.24 bits per heavy atom. The normalized spacial score (nSPS) is 14.1. The number of hydrogen-bond donors (Lipinski definition) is 1. The molecule has 2 heterocycles. The van der Waals surface area contributed by atoms with Gasteiger partial charge in [-0.15, -0.1) is 0 Å². The van der Waals surface area contributed by atoms with Gasteiger partial charge < -0.3 is 15.2 Å². The van der Waals surface area contributed by atoms with Gasteiger partial charge in [-0.2, -0.15) is 0 Å². The van der Waals surface area contributed by atoms with Gasteiger partial charge in [0.1, 0.15) is 5.76 Å². The molecule has 0 fully saturated rings. The van der Waals surface area contributed by atoms with Crippen LogP contribution >= 0.6 is 0 Å². The van der Waals surface area contributed by atoms with E-state index in [1.165, 1.54) is 5.56 Å². The summed E-state index contributed by atoms with van der Waals surface area (Å²) in [5.74, 6) is 0.833. The highest BCUT2D eigenvalue weighted by Crippen LogP contribution is 2.25. The van der Waals surface area contributed by atoms with Crippen LogP contribution in [0, 0.1) is 13.8 Å². The molecule has 0 saturated heterocycles. The first-order valence-corrected chi connectivity index (χ1v) is 7.12. The van der Waals surface area contributed by atoms with Crippen molar-refractivity contribution >= 4 is 11.6 Å². The molecule has 1 amide bonds. The third kappa shape index (κ3) is 2.51. The smallest absolute Gasteiger partial charge is 0.227 e. The SMILES string of the molecule is Cc1noc(C)c1CC(=O)N1CCc2c(N)cccc2C1. The van der Waals surface area contributed by atoms with Crippen LogP contribution in [-0.4, -0.2) is 22.5 Å². The van der Waals surface area contributed by atoms with Crippen LogP contribution in [0.4, 0.5) is 5.69 Å². The Balaban J connectivity index is 1.76. The summed E-state index contributed by atoms with van der Waals surface area (Å²) >= 11 is 0. The summed E-state index contributed by atoms with van der Waals surface area (Å²) < 4.78 is 5.12. The van der Waals surface area contributed by atoms with E-state index in [2.05, 4.69) is 5.16 Å². The molecule has 1 aliphatic rings. The topological polar surface area (TPSA) is 72.4 Å². The van der Waals surface area contributed by atoms with E-state index in [0.29, 0.717) is 19.5 Å². The minimum Gasteiger partial charge on any atom is -0.398 e. The Morgan fingerprint density at radius 3 is 2.95 bits per heavy atom. The summed E-state index contributed by atoms with van der Waals surface area (Å²) in [6.07, 6.45) is 1.16. The Morgan fingerprint density at radius 1 is 1.43 bits per heavy atom. The number of amides is 1. The molecule has 2 N–H and O–H groups in total. The van der Waals surface area contributed by atoms with Crippen molar-refractivity contribution in [3.05, 3.63) is 46.3 Å². The molecule has 1 aromatic heterocycles. The van der Waals surface area contributed by atoms with Crippen molar-refractivity contribution in [2.75, 3.05) is 12.3 Å². The number of nitrogens with zero attached hydrogens (tertiary/aromatic N) is 2. The molecule has 5 nitrogen and oxygen atoms in total. The van der Waals surface area contributed by atoms with Gasteiger partial charge >= 0.3 is 0 Å². The number of carbonyl (C=O) groups is 1. The summed E-state index contributed by atoms with van der Waals surface area (Å²) in [7, 11) is 0. The molecule has 0 spiro atoms. The number of carbonyl (C=O) groups excluding carboxylic acids is 1. The van der Waals surface area contributed by atoms with E-state index in [4.69, 9.17) is 10.3 Å². The quantitative estimate of drug-likeness (QED) is 0.857. The molecule has 21 heavy (non-hydrogen) atoms. The van der Waals surface area contributed by atoms with Crippen LogP contribution in [-0.2, 0) is 24.2 Å². The lowest BCUT2D eigenvalue weighted by Gasteiger charge is -2.29. The van der Waals surface area contributed by atoms with Crippen molar-refractivity contribution in [1.82, 2.24) is 10.1 Å². The molecule has 0 aliphatic carbocycles. The van der Waals surface area contributed by atoms with Crippen LogP contribution in [0.5, 0.6) is 0 Å². The predicted octanol–water partition coefficient (Wildman–Crippen LogP) is 2.00. The molecule has 110 valence electrons. The average Bonchev–Trinajstić information content (AvgIpc) is 2.79. The number of rotatable bonds is 2. The second-order valence-electron chi connectivity index (χ2n) is 5.53. The van der Waals surface area contributed by atoms with Gasteiger partial charge in [-0.1, -0.05) is 17.3 Å². The van der Waals surface area contributed by atoms with Crippen LogP contribution in [0.1, 0.15) is 28.1 Å². The van der Waals surface area contributed by atoms with Gasteiger partial charge in [-0.25, -0.2) is 0 Å². The zero-order chi connectivity index (χ0) is 15.0. The predicted molar refractivity (Wildman–Crippen MR) is 79.7 cm³/mol. The van der Waals surface area contributed by atoms with E-state index in [1.54, 1.807) is 0 Å². The standard InChI is InChI=1S/C16H19N3O2/c1-10-14(11(2)21-18-10)8-16(20)19-7-6-13-12(9-19)4-3-5-15(13)17/h3-5H,6-9,17H2,1-2H3. The molecule has 2 aromatic rings. The summed E-state index contributed by atoms with van der Waals surface area (Å²) in [6.45, 7) is 5.05. The Labute approximate surface area is 123 Å². The lowest BCUT2D eigenvalue weighted by atomic mass is 9.97. The molecule has 5 heteroatoms. The maximum atomic E-state index is 12.5. The molecule has 3 rings (SSSR count). The van der Waals surface area contributed by atoms with Gasteiger partial charge in [0.15, 0.2) is 0 Å². The van der Waals surface area contributed by atoms with Crippen LogP contribution in [0.2, 0.25) is 0 Å². The van der Waals surface area contributed by atoms with Gasteiger partial charge in [-0.05, 0) is 37.5 Å². The molecule has 0 bridgehead atoms. The van der Waals surface area contributed by atoms with Crippen LogP contribution in [0.15, 0.2) is 22.7 Å². The molecule has 0 unspecified atom stereocenters. The third-order valence-electron chi connectivity index (χ3n) is 4.16. The molecule has 1 aliphatic heterocycles. The molecule has 1 aromatic carbocycles. The van der Waals surface area contributed by atoms with E-state index in [1.807, 2.05) is 36.9 Å². The summed E-state index contributed by atoms with van der Waals surface area (Å²) in [6, 6.07) is 5.90. The zero-order valence-electron chi connectivity index (χ0n) is 12.3. The first kappa shape index (κ1) is 13.7. The van der Waals surface area contributed by atoms with Crippen molar-refractivity contribution in [1.29, 1.82) is 0 Å². The second-order valence-corrected chi connectivity index (χ2v) is 5.53. The minimum absolute atomic E-state index is 0.109. The number of fused-ring (bicyclic) bond motifs is 1. The Kier molecular flexibility index (Phi) is 3.41. The summed E-state index contributed by atoms with van der Waals surface area (Å²) in [4.78, 5) is 14.4. The highest BCUT2D eigenvalue weighted by Gasteiger charge is 2.23. The maximum absolute atomic E-state index is 12.5. The van der Waals surface area contributed by atoms with E-state index in [9.17, 15) is 4.79 Å². The number of benzene rings is 1. The number of nitrogen functional groups attached to an aromatic ring is 1. The van der Waals surface area contributed by atoms with Crippen LogP contribution in [0.3, 0.4) is 0 Å². The molecular formula is C16H19N3O2. The fraction of sp³-hybridized carbons (Fsp3) is 0.375. The molecule has 0 saturated carbocycles. The molecular weight excluding hydrogens is 266 g/mol. The summed E-state index contributed by atoms with van der Waals surface area (Å²) in [5.41, 5.74) is 10.8. The highest BCUT2D eigenvalue weighted by atomic mass is 16.5. The van der Waals surface area contributed by atoms with E-state index in [0.717, 1.165) is 34.7 Å². The van der Waals surface area contributed by atoms with Crippen molar-refractivity contribution in [3.63, 3.8) is 0 Å². The number of hydrogen-bond acceptors (Lipinski definition) is 4. The third-order valence-corrected chi connectivity index (χ3v) is 4.16. The maximum Gasteiger partial charge on any atom is 0.227 e. The first-order chi connectivity index (χ1) is 10.1. The largest absolute Gasteiger partial charge is 0.398 e. The van der Waals surface area contributed by atoms with Gasteiger partial charge in [0.2, 0.25) is 5.91 Å².